The molecule has 1 aromatic carbocycles. The maximum absolute atomic E-state index is 12.8. The van der Waals surface area contributed by atoms with E-state index in [0.29, 0.717) is 11.3 Å². The fourth-order valence-corrected chi connectivity index (χ4v) is 4.23. The first-order chi connectivity index (χ1) is 12.4. The summed E-state index contributed by atoms with van der Waals surface area (Å²) >= 11 is 0. The van der Waals surface area contributed by atoms with E-state index in [-0.39, 0.29) is 24.2 Å². The van der Waals surface area contributed by atoms with Gasteiger partial charge in [-0.25, -0.2) is 0 Å². The Morgan fingerprint density at radius 1 is 1.15 bits per heavy atom. The third-order valence-electron chi connectivity index (χ3n) is 5.80. The number of carbonyl (C=O) groups excluding carboxylic acids is 2. The van der Waals surface area contributed by atoms with E-state index in [1.165, 1.54) is 6.42 Å². The summed E-state index contributed by atoms with van der Waals surface area (Å²) in [5.41, 5.74) is 13.5. The van der Waals surface area contributed by atoms with Crippen LogP contribution in [-0.4, -0.2) is 30.4 Å². The van der Waals surface area contributed by atoms with Crippen molar-refractivity contribution >= 4 is 35.6 Å². The van der Waals surface area contributed by atoms with E-state index in [0.717, 1.165) is 57.3 Å². The van der Waals surface area contributed by atoms with Gasteiger partial charge in [-0.1, -0.05) is 12.8 Å². The molecule has 1 aliphatic heterocycles. The van der Waals surface area contributed by atoms with E-state index in [4.69, 9.17) is 11.5 Å². The first-order valence-electron chi connectivity index (χ1n) is 9.67. The SMILES string of the molecule is CC1(N)CCCCC1C(=O)Nc1ccc(C(N)=O)c(N2CCCCC2)c1.Cl. The molecule has 1 saturated carbocycles. The van der Waals surface area contributed by atoms with Crippen LogP contribution < -0.4 is 21.7 Å². The largest absolute Gasteiger partial charge is 0.371 e. The second-order valence-electron chi connectivity index (χ2n) is 7.94. The Balaban J connectivity index is 0.00000261. The van der Waals surface area contributed by atoms with E-state index >= 15 is 0 Å². The van der Waals surface area contributed by atoms with Crippen molar-refractivity contribution in [2.24, 2.45) is 17.4 Å². The molecule has 6 nitrogen and oxygen atoms in total. The molecule has 0 radical (unpaired) electrons. The maximum atomic E-state index is 12.8. The molecule has 2 fully saturated rings. The van der Waals surface area contributed by atoms with Gasteiger partial charge in [0.1, 0.15) is 0 Å². The predicted octanol–water partition coefficient (Wildman–Crippen LogP) is 3.04. The highest BCUT2D eigenvalue weighted by molar-refractivity contribution is 6.01. The van der Waals surface area contributed by atoms with Crippen LogP contribution in [0.2, 0.25) is 0 Å². The molecular weight excluding hydrogens is 364 g/mol. The smallest absolute Gasteiger partial charge is 0.250 e. The molecule has 2 atom stereocenters. The topological polar surface area (TPSA) is 101 Å². The van der Waals surface area contributed by atoms with E-state index in [2.05, 4.69) is 10.2 Å². The van der Waals surface area contributed by atoms with Gasteiger partial charge in [0, 0.05) is 24.3 Å². The molecule has 0 spiro atoms. The lowest BCUT2D eigenvalue weighted by atomic mass is 9.74. The van der Waals surface area contributed by atoms with Crippen molar-refractivity contribution in [3.8, 4) is 0 Å². The van der Waals surface area contributed by atoms with Crippen LogP contribution >= 0.6 is 12.4 Å². The third-order valence-corrected chi connectivity index (χ3v) is 5.80. The van der Waals surface area contributed by atoms with Crippen LogP contribution in [-0.2, 0) is 4.79 Å². The van der Waals surface area contributed by atoms with Crippen LogP contribution in [0.1, 0.15) is 62.2 Å². The van der Waals surface area contributed by atoms with Crippen molar-refractivity contribution in [2.45, 2.75) is 57.4 Å². The molecule has 2 amide bonds. The molecular formula is C20H31ClN4O2. The lowest BCUT2D eigenvalue weighted by Crippen LogP contribution is -2.51. The summed E-state index contributed by atoms with van der Waals surface area (Å²) in [6.45, 7) is 3.77. The number of halogens is 1. The van der Waals surface area contributed by atoms with Crippen molar-refractivity contribution in [1.29, 1.82) is 0 Å². The standard InChI is InChI=1S/C20H30N4O2.ClH/c1-20(22)10-4-3-7-16(20)19(26)23-14-8-9-15(18(21)25)17(13-14)24-11-5-2-6-12-24;/h8-9,13,16H,2-7,10-12,22H2,1H3,(H2,21,25)(H,23,26);1H. The fourth-order valence-electron chi connectivity index (χ4n) is 4.23. The highest BCUT2D eigenvalue weighted by Crippen LogP contribution is 2.33. The molecule has 27 heavy (non-hydrogen) atoms. The van der Waals surface area contributed by atoms with Crippen molar-refractivity contribution < 1.29 is 9.59 Å². The molecule has 3 rings (SSSR count). The first kappa shape index (κ1) is 21.5. The normalized spacial score (nSPS) is 25.4. The molecule has 2 aliphatic rings. The molecule has 2 unspecified atom stereocenters. The van der Waals surface area contributed by atoms with Crippen LogP contribution in [0.15, 0.2) is 18.2 Å². The number of benzene rings is 1. The van der Waals surface area contributed by atoms with Crippen molar-refractivity contribution in [1.82, 2.24) is 0 Å². The third kappa shape index (κ3) is 4.93. The highest BCUT2D eigenvalue weighted by Gasteiger charge is 2.37. The number of rotatable bonds is 4. The van der Waals surface area contributed by atoms with Gasteiger partial charge < -0.3 is 21.7 Å². The van der Waals surface area contributed by atoms with Crippen LogP contribution in [0.3, 0.4) is 0 Å². The Hall–Kier alpha value is -1.79. The van der Waals surface area contributed by atoms with Gasteiger partial charge in [-0.05, 0) is 57.2 Å². The average Bonchev–Trinajstić information content (AvgIpc) is 2.61. The number of nitrogens with one attached hydrogen (secondary N) is 1. The zero-order chi connectivity index (χ0) is 18.7. The van der Waals surface area contributed by atoms with Gasteiger partial charge in [0.05, 0.1) is 17.2 Å². The van der Waals surface area contributed by atoms with Crippen LogP contribution in [0.25, 0.3) is 0 Å². The molecule has 150 valence electrons. The zero-order valence-corrected chi connectivity index (χ0v) is 16.8. The number of amides is 2. The summed E-state index contributed by atoms with van der Waals surface area (Å²) in [6, 6.07) is 5.34. The number of nitrogens with zero attached hydrogens (tertiary/aromatic N) is 1. The Bertz CT molecular complexity index is 687. The van der Waals surface area contributed by atoms with Gasteiger partial charge in [0.2, 0.25) is 5.91 Å². The number of primary amides is 1. The Labute approximate surface area is 167 Å². The van der Waals surface area contributed by atoms with Crippen LogP contribution in [0.4, 0.5) is 11.4 Å². The van der Waals surface area contributed by atoms with Crippen molar-refractivity contribution in [3.05, 3.63) is 23.8 Å². The lowest BCUT2D eigenvalue weighted by molar-refractivity contribution is -0.122. The number of carbonyl (C=O) groups is 2. The molecule has 0 bridgehead atoms. The lowest BCUT2D eigenvalue weighted by Gasteiger charge is -2.37. The number of piperidine rings is 1. The average molecular weight is 395 g/mol. The van der Waals surface area contributed by atoms with E-state index in [9.17, 15) is 9.59 Å². The van der Waals surface area contributed by atoms with E-state index in [1.807, 2.05) is 13.0 Å². The van der Waals surface area contributed by atoms with Gasteiger partial charge in [-0.3, -0.25) is 9.59 Å². The van der Waals surface area contributed by atoms with Crippen molar-refractivity contribution in [2.75, 3.05) is 23.3 Å². The molecule has 7 heteroatoms. The van der Waals surface area contributed by atoms with Gasteiger partial charge in [0.25, 0.3) is 5.91 Å². The summed E-state index contributed by atoms with van der Waals surface area (Å²) in [6.07, 6.45) is 7.19. The molecule has 1 heterocycles. The minimum absolute atomic E-state index is 0. The minimum Gasteiger partial charge on any atom is -0.371 e. The molecule has 1 saturated heterocycles. The summed E-state index contributed by atoms with van der Waals surface area (Å²) < 4.78 is 0. The van der Waals surface area contributed by atoms with Crippen LogP contribution in [0, 0.1) is 5.92 Å². The van der Waals surface area contributed by atoms with Crippen LogP contribution in [0.5, 0.6) is 0 Å². The Morgan fingerprint density at radius 2 is 1.85 bits per heavy atom. The second-order valence-corrected chi connectivity index (χ2v) is 7.94. The minimum atomic E-state index is -0.467. The Morgan fingerprint density at radius 3 is 2.48 bits per heavy atom. The van der Waals surface area contributed by atoms with Gasteiger partial charge in [0.15, 0.2) is 0 Å². The maximum Gasteiger partial charge on any atom is 0.250 e. The summed E-state index contributed by atoms with van der Waals surface area (Å²) in [5, 5.41) is 3.02. The number of hydrogen-bond acceptors (Lipinski definition) is 4. The van der Waals surface area contributed by atoms with Crippen molar-refractivity contribution in [3.63, 3.8) is 0 Å². The highest BCUT2D eigenvalue weighted by atomic mass is 35.5. The summed E-state index contributed by atoms with van der Waals surface area (Å²) in [5.74, 6) is -0.665. The zero-order valence-electron chi connectivity index (χ0n) is 16.0. The quantitative estimate of drug-likeness (QED) is 0.730. The number of hydrogen-bond donors (Lipinski definition) is 3. The number of anilines is 2. The molecule has 1 aliphatic carbocycles. The van der Waals surface area contributed by atoms with E-state index < -0.39 is 11.4 Å². The van der Waals surface area contributed by atoms with Gasteiger partial charge >= 0.3 is 0 Å². The molecule has 1 aromatic rings. The number of nitrogens with two attached hydrogens (primary N) is 2. The summed E-state index contributed by atoms with van der Waals surface area (Å²) in [7, 11) is 0. The predicted molar refractivity (Wildman–Crippen MR) is 111 cm³/mol. The molecule has 5 N–H and O–H groups in total. The fraction of sp³-hybridized carbons (Fsp3) is 0.600. The first-order valence-corrected chi connectivity index (χ1v) is 9.67. The Kier molecular flexibility index (Phi) is 7.12. The summed E-state index contributed by atoms with van der Waals surface area (Å²) in [4.78, 5) is 26.8. The van der Waals surface area contributed by atoms with Gasteiger partial charge in [-0.15, -0.1) is 12.4 Å². The van der Waals surface area contributed by atoms with Gasteiger partial charge in [-0.2, -0.15) is 0 Å². The molecule has 0 aromatic heterocycles. The monoisotopic (exact) mass is 394 g/mol. The van der Waals surface area contributed by atoms with E-state index in [1.54, 1.807) is 12.1 Å². The second kappa shape index (κ2) is 8.93.